The Labute approximate surface area is 218 Å². The molecule has 4 aromatic rings. The number of carbonyl (C=O) groups is 3. The third-order valence-electron chi connectivity index (χ3n) is 5.61. The van der Waals surface area contributed by atoms with Crippen LogP contribution in [0.5, 0.6) is 11.5 Å². The Balaban J connectivity index is 1.33. The van der Waals surface area contributed by atoms with Gasteiger partial charge in [0.2, 0.25) is 0 Å². The van der Waals surface area contributed by atoms with E-state index < -0.39 is 22.6 Å². The monoisotopic (exact) mass is 557 g/mol. The molecular formula is C27H16BrN3O6. The Morgan fingerprint density at radius 2 is 1.49 bits per heavy atom. The topological polar surface area (TPSA) is 119 Å². The highest BCUT2D eigenvalue weighted by molar-refractivity contribution is 9.10. The summed E-state index contributed by atoms with van der Waals surface area (Å²) in [6.07, 6.45) is 0. The quantitative estimate of drug-likeness (QED) is 0.171. The number of nitro benzene ring substituents is 1. The Morgan fingerprint density at radius 3 is 2.16 bits per heavy atom. The zero-order valence-corrected chi connectivity index (χ0v) is 20.5. The Bertz CT molecular complexity index is 1570. The molecular weight excluding hydrogens is 542 g/mol. The molecule has 0 bridgehead atoms. The molecule has 0 spiro atoms. The number of amides is 3. The number of hydrogen-bond donors (Lipinski definition) is 1. The van der Waals surface area contributed by atoms with Gasteiger partial charge in [0.05, 0.1) is 21.7 Å². The number of nitrogens with one attached hydrogen (secondary N) is 1. The zero-order chi connectivity index (χ0) is 26.1. The van der Waals surface area contributed by atoms with E-state index in [2.05, 4.69) is 21.2 Å². The summed E-state index contributed by atoms with van der Waals surface area (Å²) in [7, 11) is 0. The molecule has 1 aliphatic heterocycles. The summed E-state index contributed by atoms with van der Waals surface area (Å²) in [4.78, 5) is 50.1. The molecule has 0 saturated heterocycles. The van der Waals surface area contributed by atoms with Crippen LogP contribution in [-0.2, 0) is 0 Å². The van der Waals surface area contributed by atoms with Gasteiger partial charge in [0, 0.05) is 27.9 Å². The van der Waals surface area contributed by atoms with Gasteiger partial charge >= 0.3 is 0 Å². The highest BCUT2D eigenvalue weighted by atomic mass is 79.9. The van der Waals surface area contributed by atoms with Gasteiger partial charge in [-0.05, 0) is 72.8 Å². The van der Waals surface area contributed by atoms with Crippen LogP contribution in [0.15, 0.2) is 95.5 Å². The maximum atomic E-state index is 13.1. The lowest BCUT2D eigenvalue weighted by Crippen LogP contribution is -2.29. The van der Waals surface area contributed by atoms with Gasteiger partial charge < -0.3 is 10.1 Å². The first kappa shape index (κ1) is 23.9. The van der Waals surface area contributed by atoms with E-state index in [0.717, 1.165) is 15.4 Å². The molecule has 5 rings (SSSR count). The van der Waals surface area contributed by atoms with E-state index in [-0.39, 0.29) is 28.1 Å². The second kappa shape index (κ2) is 9.67. The summed E-state index contributed by atoms with van der Waals surface area (Å²) in [6, 6.07) is 23.5. The van der Waals surface area contributed by atoms with Gasteiger partial charge in [0.15, 0.2) is 0 Å². The smallest absolute Gasteiger partial charge is 0.270 e. The fraction of sp³-hybridized carbons (Fsp3) is 0. The van der Waals surface area contributed by atoms with Crippen molar-refractivity contribution in [1.82, 2.24) is 0 Å². The Morgan fingerprint density at radius 1 is 0.838 bits per heavy atom. The van der Waals surface area contributed by atoms with Gasteiger partial charge in [0.1, 0.15) is 11.5 Å². The molecule has 0 aliphatic carbocycles. The lowest BCUT2D eigenvalue weighted by atomic mass is 10.1. The minimum atomic E-state index is -0.593. The van der Waals surface area contributed by atoms with E-state index in [1.807, 2.05) is 12.1 Å². The van der Waals surface area contributed by atoms with Crippen LogP contribution in [0.1, 0.15) is 31.1 Å². The minimum Gasteiger partial charge on any atom is -0.457 e. The van der Waals surface area contributed by atoms with Gasteiger partial charge in [-0.1, -0.05) is 22.0 Å². The molecule has 0 aromatic heterocycles. The van der Waals surface area contributed by atoms with Crippen LogP contribution in [0.4, 0.5) is 17.1 Å². The SMILES string of the molecule is O=C(Nc1ccc2c(c1)C(=O)N(c1ccc(Oc3ccc(Br)cc3)cc1)C2=O)c1cccc([N+](=O)[O-])c1. The van der Waals surface area contributed by atoms with Crippen LogP contribution in [0, 0.1) is 10.1 Å². The Hall–Kier alpha value is -4.83. The minimum absolute atomic E-state index is 0.0872. The molecule has 0 saturated carbocycles. The van der Waals surface area contributed by atoms with E-state index in [0.29, 0.717) is 17.2 Å². The second-order valence-electron chi connectivity index (χ2n) is 8.02. The van der Waals surface area contributed by atoms with Crippen molar-refractivity contribution < 1.29 is 24.0 Å². The molecule has 0 unspecified atom stereocenters. The van der Waals surface area contributed by atoms with Gasteiger partial charge in [-0.25, -0.2) is 4.90 Å². The largest absolute Gasteiger partial charge is 0.457 e. The average Bonchev–Trinajstić information content (AvgIpc) is 3.15. The van der Waals surface area contributed by atoms with Gasteiger partial charge in [-0.3, -0.25) is 24.5 Å². The Kier molecular flexibility index (Phi) is 6.24. The third-order valence-corrected chi connectivity index (χ3v) is 6.14. The summed E-state index contributed by atoms with van der Waals surface area (Å²) in [5, 5.41) is 13.6. The standard InChI is InChI=1S/C27H16BrN3O6/c28-17-4-9-21(10-5-17)37-22-11-7-19(8-12-22)30-26(33)23-13-6-18(15-24(23)27(30)34)29-25(32)16-2-1-3-20(14-16)31(35)36/h1-15H,(H,29,32). The molecule has 0 fully saturated rings. The van der Waals surface area contributed by atoms with Crippen molar-refractivity contribution in [1.29, 1.82) is 0 Å². The first-order chi connectivity index (χ1) is 17.8. The molecule has 10 heteroatoms. The van der Waals surface area contributed by atoms with Crippen LogP contribution >= 0.6 is 15.9 Å². The van der Waals surface area contributed by atoms with Crippen LogP contribution in [0.3, 0.4) is 0 Å². The molecule has 3 amide bonds. The van der Waals surface area contributed by atoms with Crippen molar-refractivity contribution in [2.24, 2.45) is 0 Å². The average molecular weight is 558 g/mol. The predicted octanol–water partition coefficient (Wildman–Crippen LogP) is 6.20. The van der Waals surface area contributed by atoms with Gasteiger partial charge in [-0.2, -0.15) is 0 Å². The van der Waals surface area contributed by atoms with Crippen molar-refractivity contribution in [2.75, 3.05) is 10.2 Å². The molecule has 9 nitrogen and oxygen atoms in total. The van der Waals surface area contributed by atoms with Crippen LogP contribution < -0.4 is 15.0 Å². The number of non-ortho nitro benzene ring substituents is 1. The number of anilines is 2. The molecule has 0 atom stereocenters. The molecule has 37 heavy (non-hydrogen) atoms. The fourth-order valence-electron chi connectivity index (χ4n) is 3.82. The summed E-state index contributed by atoms with van der Waals surface area (Å²) in [5.41, 5.74) is 0.856. The van der Waals surface area contributed by atoms with Crippen molar-refractivity contribution in [3.8, 4) is 11.5 Å². The van der Waals surface area contributed by atoms with Crippen molar-refractivity contribution in [3.05, 3.63) is 122 Å². The number of nitro groups is 1. The first-order valence-corrected chi connectivity index (χ1v) is 11.7. The lowest BCUT2D eigenvalue weighted by Gasteiger charge is -2.14. The highest BCUT2D eigenvalue weighted by Gasteiger charge is 2.37. The maximum absolute atomic E-state index is 13.1. The summed E-state index contributed by atoms with van der Waals surface area (Å²) >= 11 is 3.37. The molecule has 0 radical (unpaired) electrons. The van der Waals surface area contributed by atoms with Crippen LogP contribution in [-0.4, -0.2) is 22.6 Å². The predicted molar refractivity (Wildman–Crippen MR) is 139 cm³/mol. The number of carbonyl (C=O) groups excluding carboxylic acids is 3. The number of ether oxygens (including phenoxy) is 1. The van der Waals surface area contributed by atoms with Gasteiger partial charge in [-0.15, -0.1) is 0 Å². The zero-order valence-electron chi connectivity index (χ0n) is 18.9. The van der Waals surface area contributed by atoms with Gasteiger partial charge in [0.25, 0.3) is 23.4 Å². The number of rotatable bonds is 6. The number of halogens is 1. The summed E-state index contributed by atoms with van der Waals surface area (Å²) in [6.45, 7) is 0. The molecule has 182 valence electrons. The number of hydrogen-bond acceptors (Lipinski definition) is 6. The normalized spacial score (nSPS) is 12.3. The molecule has 1 N–H and O–H groups in total. The van der Waals surface area contributed by atoms with Crippen molar-refractivity contribution in [2.45, 2.75) is 0 Å². The number of benzene rings is 4. The molecule has 4 aromatic carbocycles. The van der Waals surface area contributed by atoms with E-state index in [1.165, 1.54) is 36.4 Å². The summed E-state index contributed by atoms with van der Waals surface area (Å²) < 4.78 is 6.71. The number of fused-ring (bicyclic) bond motifs is 1. The van der Waals surface area contributed by atoms with E-state index in [9.17, 15) is 24.5 Å². The van der Waals surface area contributed by atoms with Crippen molar-refractivity contribution in [3.63, 3.8) is 0 Å². The fourth-order valence-corrected chi connectivity index (χ4v) is 4.08. The third kappa shape index (κ3) is 4.82. The number of imide groups is 1. The van der Waals surface area contributed by atoms with Crippen LogP contribution in [0.25, 0.3) is 0 Å². The second-order valence-corrected chi connectivity index (χ2v) is 8.93. The molecule has 1 heterocycles. The van der Waals surface area contributed by atoms with Crippen molar-refractivity contribution >= 4 is 50.7 Å². The first-order valence-electron chi connectivity index (χ1n) is 10.9. The van der Waals surface area contributed by atoms with E-state index in [4.69, 9.17) is 4.74 Å². The van der Waals surface area contributed by atoms with E-state index in [1.54, 1.807) is 36.4 Å². The summed E-state index contributed by atoms with van der Waals surface area (Å²) in [5.74, 6) is -0.435. The highest BCUT2D eigenvalue weighted by Crippen LogP contribution is 2.32. The lowest BCUT2D eigenvalue weighted by molar-refractivity contribution is -0.384. The van der Waals surface area contributed by atoms with E-state index >= 15 is 0 Å². The van der Waals surface area contributed by atoms with Crippen LogP contribution in [0.2, 0.25) is 0 Å². The number of nitrogens with zero attached hydrogens (tertiary/aromatic N) is 2. The molecule has 1 aliphatic rings. The maximum Gasteiger partial charge on any atom is 0.270 e.